The molecule has 2 unspecified atom stereocenters. The molecule has 0 spiro atoms. The zero-order valence-corrected chi connectivity index (χ0v) is 10.7. The van der Waals surface area contributed by atoms with E-state index in [0.29, 0.717) is 11.9 Å². The second-order valence-electron chi connectivity index (χ2n) is 4.57. The minimum absolute atomic E-state index is 0.229. The molecule has 0 aliphatic carbocycles. The van der Waals surface area contributed by atoms with Gasteiger partial charge in [-0.1, -0.05) is 6.92 Å². The molecule has 2 atom stereocenters. The standard InChI is InChI=1S/C12H20N4O/c1-4-11-14-10(13)5-12(15-11)16-6-9(3)17-7-8(16)2/h5,8-9H,4,6-7H2,1-3H3,(H2,13,14,15). The highest BCUT2D eigenvalue weighted by Crippen LogP contribution is 2.21. The quantitative estimate of drug-likeness (QED) is 0.836. The van der Waals surface area contributed by atoms with Crippen molar-refractivity contribution < 1.29 is 4.74 Å². The van der Waals surface area contributed by atoms with E-state index in [0.717, 1.165) is 31.2 Å². The van der Waals surface area contributed by atoms with Gasteiger partial charge in [-0.3, -0.25) is 0 Å². The number of anilines is 2. The fraction of sp³-hybridized carbons (Fsp3) is 0.667. The average Bonchev–Trinajstić information content (AvgIpc) is 2.31. The highest BCUT2D eigenvalue weighted by atomic mass is 16.5. The number of hydrogen-bond acceptors (Lipinski definition) is 5. The fourth-order valence-electron chi connectivity index (χ4n) is 2.03. The Morgan fingerprint density at radius 2 is 2.24 bits per heavy atom. The van der Waals surface area contributed by atoms with Crippen molar-refractivity contribution in [3.05, 3.63) is 11.9 Å². The molecule has 1 aromatic heterocycles. The van der Waals surface area contributed by atoms with Gasteiger partial charge >= 0.3 is 0 Å². The first-order valence-corrected chi connectivity index (χ1v) is 6.11. The topological polar surface area (TPSA) is 64.3 Å². The zero-order valence-electron chi connectivity index (χ0n) is 10.7. The van der Waals surface area contributed by atoms with Gasteiger partial charge in [0, 0.05) is 19.0 Å². The number of aromatic nitrogens is 2. The minimum atomic E-state index is 0.229. The maximum Gasteiger partial charge on any atom is 0.134 e. The van der Waals surface area contributed by atoms with E-state index in [4.69, 9.17) is 10.5 Å². The van der Waals surface area contributed by atoms with Crippen molar-refractivity contribution in [3.63, 3.8) is 0 Å². The molecule has 2 rings (SSSR count). The monoisotopic (exact) mass is 236 g/mol. The third-order valence-electron chi connectivity index (χ3n) is 3.00. The van der Waals surface area contributed by atoms with Crippen LogP contribution in [0.25, 0.3) is 0 Å². The average molecular weight is 236 g/mol. The molecule has 2 heterocycles. The summed E-state index contributed by atoms with van der Waals surface area (Å²) in [6.45, 7) is 7.82. The molecule has 0 saturated carbocycles. The molecule has 1 saturated heterocycles. The minimum Gasteiger partial charge on any atom is -0.384 e. The fourth-order valence-corrected chi connectivity index (χ4v) is 2.03. The van der Waals surface area contributed by atoms with Crippen LogP contribution in [0.4, 0.5) is 11.6 Å². The van der Waals surface area contributed by atoms with Crippen LogP contribution in [-0.2, 0) is 11.2 Å². The third-order valence-corrected chi connectivity index (χ3v) is 3.00. The molecule has 2 N–H and O–H groups in total. The maximum absolute atomic E-state index is 5.81. The van der Waals surface area contributed by atoms with Crippen LogP contribution < -0.4 is 10.6 Å². The molecular formula is C12H20N4O. The molecule has 1 aliphatic rings. The van der Waals surface area contributed by atoms with Gasteiger partial charge in [-0.2, -0.15) is 0 Å². The number of hydrogen-bond donors (Lipinski definition) is 1. The van der Waals surface area contributed by atoms with Crippen molar-refractivity contribution >= 4 is 11.6 Å². The lowest BCUT2D eigenvalue weighted by Crippen LogP contribution is -2.47. The highest BCUT2D eigenvalue weighted by molar-refractivity contribution is 5.48. The Kier molecular flexibility index (Phi) is 3.47. The predicted molar refractivity (Wildman–Crippen MR) is 68.0 cm³/mol. The summed E-state index contributed by atoms with van der Waals surface area (Å²) in [6, 6.07) is 2.17. The van der Waals surface area contributed by atoms with Crippen molar-refractivity contribution in [2.45, 2.75) is 39.3 Å². The smallest absolute Gasteiger partial charge is 0.134 e. The maximum atomic E-state index is 5.81. The van der Waals surface area contributed by atoms with Crippen LogP contribution in [0.15, 0.2) is 6.07 Å². The van der Waals surface area contributed by atoms with E-state index in [1.165, 1.54) is 0 Å². The van der Waals surface area contributed by atoms with Gasteiger partial charge in [0.2, 0.25) is 0 Å². The Bertz CT molecular complexity index is 396. The SMILES string of the molecule is CCc1nc(N)cc(N2CC(C)OCC2C)n1. The first-order chi connectivity index (χ1) is 8.10. The lowest BCUT2D eigenvalue weighted by atomic mass is 10.2. The summed E-state index contributed by atoms with van der Waals surface area (Å²) in [5.74, 6) is 2.25. The summed E-state index contributed by atoms with van der Waals surface area (Å²) in [5, 5.41) is 0. The van der Waals surface area contributed by atoms with Crippen LogP contribution in [0.1, 0.15) is 26.6 Å². The van der Waals surface area contributed by atoms with Crippen LogP contribution in [0.5, 0.6) is 0 Å². The molecule has 17 heavy (non-hydrogen) atoms. The molecule has 1 fully saturated rings. The van der Waals surface area contributed by atoms with Crippen molar-refractivity contribution in [2.75, 3.05) is 23.8 Å². The van der Waals surface area contributed by atoms with Crippen LogP contribution in [0.3, 0.4) is 0 Å². The number of nitrogens with zero attached hydrogens (tertiary/aromatic N) is 3. The Labute approximate surface area is 102 Å². The summed E-state index contributed by atoms with van der Waals surface area (Å²) >= 11 is 0. The zero-order chi connectivity index (χ0) is 12.4. The van der Waals surface area contributed by atoms with E-state index in [1.807, 2.05) is 13.0 Å². The van der Waals surface area contributed by atoms with Crippen molar-refractivity contribution in [1.29, 1.82) is 0 Å². The Morgan fingerprint density at radius 3 is 2.94 bits per heavy atom. The van der Waals surface area contributed by atoms with E-state index in [2.05, 4.69) is 28.7 Å². The summed E-state index contributed by atoms with van der Waals surface area (Å²) in [6.07, 6.45) is 1.03. The van der Waals surface area contributed by atoms with Gasteiger partial charge in [0.1, 0.15) is 17.5 Å². The van der Waals surface area contributed by atoms with Crippen LogP contribution in [-0.4, -0.2) is 35.3 Å². The van der Waals surface area contributed by atoms with Gasteiger partial charge in [0.25, 0.3) is 0 Å². The normalized spacial score (nSPS) is 25.0. The lowest BCUT2D eigenvalue weighted by molar-refractivity contribution is 0.0340. The highest BCUT2D eigenvalue weighted by Gasteiger charge is 2.25. The van der Waals surface area contributed by atoms with Gasteiger partial charge in [-0.15, -0.1) is 0 Å². The lowest BCUT2D eigenvalue weighted by Gasteiger charge is -2.37. The number of rotatable bonds is 2. The van der Waals surface area contributed by atoms with E-state index < -0.39 is 0 Å². The molecule has 5 heteroatoms. The van der Waals surface area contributed by atoms with Gasteiger partial charge in [0.15, 0.2) is 0 Å². The molecule has 1 aliphatic heterocycles. The first-order valence-electron chi connectivity index (χ1n) is 6.11. The van der Waals surface area contributed by atoms with Crippen molar-refractivity contribution in [1.82, 2.24) is 9.97 Å². The second-order valence-corrected chi connectivity index (χ2v) is 4.57. The van der Waals surface area contributed by atoms with Crippen LogP contribution in [0.2, 0.25) is 0 Å². The molecule has 1 aromatic rings. The summed E-state index contributed by atoms with van der Waals surface area (Å²) in [5.41, 5.74) is 5.81. The molecule has 0 radical (unpaired) electrons. The number of morpholine rings is 1. The summed E-state index contributed by atoms with van der Waals surface area (Å²) in [4.78, 5) is 11.0. The number of aryl methyl sites for hydroxylation is 1. The van der Waals surface area contributed by atoms with E-state index >= 15 is 0 Å². The predicted octanol–water partition coefficient (Wildman–Crippen LogP) is 1.23. The second kappa shape index (κ2) is 4.87. The Morgan fingerprint density at radius 1 is 1.47 bits per heavy atom. The number of nitrogen functional groups attached to an aromatic ring is 1. The molecule has 5 nitrogen and oxygen atoms in total. The molecule has 94 valence electrons. The van der Waals surface area contributed by atoms with Crippen molar-refractivity contribution in [3.8, 4) is 0 Å². The van der Waals surface area contributed by atoms with Gasteiger partial charge in [-0.25, -0.2) is 9.97 Å². The van der Waals surface area contributed by atoms with E-state index in [9.17, 15) is 0 Å². The number of ether oxygens (including phenoxy) is 1. The van der Waals surface area contributed by atoms with Crippen molar-refractivity contribution in [2.24, 2.45) is 0 Å². The first kappa shape index (κ1) is 12.1. The summed E-state index contributed by atoms with van der Waals surface area (Å²) < 4.78 is 5.61. The molecular weight excluding hydrogens is 216 g/mol. The summed E-state index contributed by atoms with van der Waals surface area (Å²) in [7, 11) is 0. The van der Waals surface area contributed by atoms with Crippen LogP contribution >= 0.6 is 0 Å². The van der Waals surface area contributed by atoms with Gasteiger partial charge in [-0.05, 0) is 13.8 Å². The van der Waals surface area contributed by atoms with Gasteiger partial charge in [0.05, 0.1) is 18.8 Å². The molecule has 0 aromatic carbocycles. The largest absolute Gasteiger partial charge is 0.384 e. The molecule has 0 bridgehead atoms. The van der Waals surface area contributed by atoms with Crippen LogP contribution in [0, 0.1) is 0 Å². The Balaban J connectivity index is 2.28. The van der Waals surface area contributed by atoms with E-state index in [-0.39, 0.29) is 6.10 Å². The number of nitrogens with two attached hydrogens (primary N) is 1. The van der Waals surface area contributed by atoms with E-state index in [1.54, 1.807) is 0 Å². The third kappa shape index (κ3) is 2.66. The Hall–Kier alpha value is -1.36. The molecule has 0 amide bonds. The van der Waals surface area contributed by atoms with Gasteiger partial charge < -0.3 is 15.4 Å².